The van der Waals surface area contributed by atoms with E-state index >= 15 is 0 Å². The van der Waals surface area contributed by atoms with E-state index in [9.17, 15) is 18.0 Å². The molecule has 0 aliphatic rings. The maximum Gasteiger partial charge on any atom is 0.416 e. The van der Waals surface area contributed by atoms with Crippen LogP contribution in [0.4, 0.5) is 18.3 Å². The molecule has 20 heavy (non-hydrogen) atoms. The molecule has 8 heteroatoms. The van der Waals surface area contributed by atoms with Crippen LogP contribution in [-0.4, -0.2) is 10.9 Å². The Morgan fingerprint density at radius 2 is 1.95 bits per heavy atom. The fraction of sp³-hybridized carbons (Fsp3) is 0.167. The van der Waals surface area contributed by atoms with Gasteiger partial charge in [0, 0.05) is 17.5 Å². The maximum atomic E-state index is 12.4. The molecule has 0 bridgehead atoms. The Morgan fingerprint density at radius 1 is 1.30 bits per heavy atom. The second kappa shape index (κ2) is 5.59. The van der Waals surface area contributed by atoms with Gasteiger partial charge in [-0.3, -0.25) is 10.1 Å². The van der Waals surface area contributed by atoms with Crippen molar-refractivity contribution in [2.24, 2.45) is 5.73 Å². The van der Waals surface area contributed by atoms with Crippen LogP contribution < -0.4 is 11.1 Å². The van der Waals surface area contributed by atoms with Gasteiger partial charge in [0.1, 0.15) is 0 Å². The first-order valence-corrected chi connectivity index (χ1v) is 6.41. The smallest absolute Gasteiger partial charge is 0.325 e. The minimum atomic E-state index is -4.42. The highest BCUT2D eigenvalue weighted by molar-refractivity contribution is 7.13. The molecule has 0 unspecified atom stereocenters. The summed E-state index contributed by atoms with van der Waals surface area (Å²) in [5.74, 6) is -0.517. The molecule has 3 N–H and O–H groups in total. The SMILES string of the molecule is NCc1csc(NC(=O)c2ccc(C(F)(F)F)cc2)n1. The van der Waals surface area contributed by atoms with E-state index in [0.717, 1.165) is 24.3 Å². The number of nitrogens with one attached hydrogen (secondary N) is 1. The Bertz CT molecular complexity index is 607. The number of thiazole rings is 1. The van der Waals surface area contributed by atoms with Crippen LogP contribution in [0.15, 0.2) is 29.6 Å². The molecule has 0 aliphatic carbocycles. The van der Waals surface area contributed by atoms with Crippen LogP contribution >= 0.6 is 11.3 Å². The average molecular weight is 301 g/mol. The molecule has 0 saturated heterocycles. The number of anilines is 1. The normalized spacial score (nSPS) is 11.4. The summed E-state index contributed by atoms with van der Waals surface area (Å²) in [5.41, 5.74) is 5.35. The summed E-state index contributed by atoms with van der Waals surface area (Å²) in [4.78, 5) is 15.8. The van der Waals surface area contributed by atoms with Gasteiger partial charge in [0.15, 0.2) is 5.13 Å². The number of aromatic nitrogens is 1. The minimum Gasteiger partial charge on any atom is -0.325 e. The van der Waals surface area contributed by atoms with Crippen LogP contribution in [0.5, 0.6) is 0 Å². The number of nitrogens with zero attached hydrogens (tertiary/aromatic N) is 1. The van der Waals surface area contributed by atoms with Gasteiger partial charge >= 0.3 is 6.18 Å². The Hall–Kier alpha value is -1.93. The summed E-state index contributed by atoms with van der Waals surface area (Å²) in [6.45, 7) is 0.257. The van der Waals surface area contributed by atoms with Gasteiger partial charge in [0.25, 0.3) is 5.91 Å². The topological polar surface area (TPSA) is 68.0 Å². The van der Waals surface area contributed by atoms with E-state index in [-0.39, 0.29) is 12.1 Å². The number of nitrogens with two attached hydrogens (primary N) is 1. The number of hydrogen-bond donors (Lipinski definition) is 2. The summed E-state index contributed by atoms with van der Waals surface area (Å²) in [6.07, 6.45) is -4.42. The zero-order valence-corrected chi connectivity index (χ0v) is 10.9. The Balaban J connectivity index is 2.09. The maximum absolute atomic E-state index is 12.4. The van der Waals surface area contributed by atoms with Crippen molar-refractivity contribution in [1.29, 1.82) is 0 Å². The summed E-state index contributed by atoms with van der Waals surface area (Å²) < 4.78 is 37.2. The monoisotopic (exact) mass is 301 g/mol. The van der Waals surface area contributed by atoms with Crippen LogP contribution in [0.1, 0.15) is 21.6 Å². The molecule has 0 spiro atoms. The summed E-state index contributed by atoms with van der Waals surface area (Å²) >= 11 is 1.20. The second-order valence-electron chi connectivity index (χ2n) is 3.88. The van der Waals surface area contributed by atoms with Gasteiger partial charge in [-0.2, -0.15) is 13.2 Å². The average Bonchev–Trinajstić information content (AvgIpc) is 2.85. The van der Waals surface area contributed by atoms with Crippen molar-refractivity contribution in [3.63, 3.8) is 0 Å². The molecule has 1 aromatic heterocycles. The number of alkyl halides is 3. The summed E-state index contributed by atoms with van der Waals surface area (Å²) in [6, 6.07) is 3.97. The molecule has 0 saturated carbocycles. The van der Waals surface area contributed by atoms with Crippen molar-refractivity contribution in [1.82, 2.24) is 4.98 Å². The largest absolute Gasteiger partial charge is 0.416 e. The van der Waals surface area contributed by atoms with Gasteiger partial charge in [-0.15, -0.1) is 11.3 Å². The first kappa shape index (κ1) is 14.5. The third-order valence-corrected chi connectivity index (χ3v) is 3.26. The van der Waals surface area contributed by atoms with Gasteiger partial charge in [-0.1, -0.05) is 0 Å². The van der Waals surface area contributed by atoms with Gasteiger partial charge in [0.2, 0.25) is 0 Å². The van der Waals surface area contributed by atoms with E-state index in [2.05, 4.69) is 10.3 Å². The molecule has 0 fully saturated rings. The minimum absolute atomic E-state index is 0.127. The highest BCUT2D eigenvalue weighted by Crippen LogP contribution is 2.29. The van der Waals surface area contributed by atoms with Crippen molar-refractivity contribution in [2.45, 2.75) is 12.7 Å². The molecule has 0 aliphatic heterocycles. The number of carbonyl (C=O) groups excluding carboxylic acids is 1. The molecule has 4 nitrogen and oxygen atoms in total. The van der Waals surface area contributed by atoms with Crippen LogP contribution in [0.2, 0.25) is 0 Å². The highest BCUT2D eigenvalue weighted by Gasteiger charge is 2.30. The molecule has 106 valence electrons. The lowest BCUT2D eigenvalue weighted by atomic mass is 10.1. The van der Waals surface area contributed by atoms with E-state index in [0.29, 0.717) is 10.8 Å². The summed E-state index contributed by atoms with van der Waals surface area (Å²) in [5, 5.41) is 4.56. The van der Waals surface area contributed by atoms with Crippen molar-refractivity contribution in [3.8, 4) is 0 Å². The Kier molecular flexibility index (Phi) is 4.05. The van der Waals surface area contributed by atoms with Crippen molar-refractivity contribution >= 4 is 22.4 Å². The molecule has 1 heterocycles. The lowest BCUT2D eigenvalue weighted by molar-refractivity contribution is -0.137. The number of benzene rings is 1. The third-order valence-electron chi connectivity index (χ3n) is 2.46. The van der Waals surface area contributed by atoms with Crippen LogP contribution in [0.25, 0.3) is 0 Å². The second-order valence-corrected chi connectivity index (χ2v) is 4.74. The standard InChI is InChI=1S/C12H10F3N3OS/c13-12(14,15)8-3-1-7(2-4-8)10(19)18-11-17-9(5-16)6-20-11/h1-4,6H,5,16H2,(H,17,18,19). The quantitative estimate of drug-likeness (QED) is 0.916. The van der Waals surface area contributed by atoms with E-state index in [1.807, 2.05) is 0 Å². The summed E-state index contributed by atoms with van der Waals surface area (Å²) in [7, 11) is 0. The van der Waals surface area contributed by atoms with Crippen molar-refractivity contribution < 1.29 is 18.0 Å². The molecule has 2 rings (SSSR count). The first-order valence-electron chi connectivity index (χ1n) is 5.53. The van der Waals surface area contributed by atoms with Gasteiger partial charge in [0.05, 0.1) is 11.3 Å². The van der Waals surface area contributed by atoms with E-state index in [4.69, 9.17) is 5.73 Å². The highest BCUT2D eigenvalue weighted by atomic mass is 32.1. The molecular formula is C12H10F3N3OS. The van der Waals surface area contributed by atoms with Crippen LogP contribution in [0.3, 0.4) is 0 Å². The van der Waals surface area contributed by atoms with Crippen LogP contribution in [-0.2, 0) is 12.7 Å². The van der Waals surface area contributed by atoms with Crippen molar-refractivity contribution in [2.75, 3.05) is 5.32 Å². The zero-order valence-electron chi connectivity index (χ0n) is 10.1. The predicted molar refractivity (Wildman–Crippen MR) is 69.4 cm³/mol. The predicted octanol–water partition coefficient (Wildman–Crippen LogP) is 2.87. The first-order chi connectivity index (χ1) is 9.40. The van der Waals surface area contributed by atoms with E-state index in [1.54, 1.807) is 5.38 Å². The van der Waals surface area contributed by atoms with Gasteiger partial charge in [-0.25, -0.2) is 4.98 Å². The number of rotatable bonds is 3. The van der Waals surface area contributed by atoms with E-state index in [1.165, 1.54) is 11.3 Å². The molecule has 0 radical (unpaired) electrons. The lowest BCUT2D eigenvalue weighted by Crippen LogP contribution is -2.13. The number of amides is 1. The number of halogens is 3. The zero-order chi connectivity index (χ0) is 14.8. The molecule has 2 aromatic rings. The van der Waals surface area contributed by atoms with Crippen LogP contribution in [0, 0.1) is 0 Å². The molecular weight excluding hydrogens is 291 g/mol. The number of carbonyl (C=O) groups is 1. The van der Waals surface area contributed by atoms with Gasteiger partial charge < -0.3 is 5.73 Å². The fourth-order valence-corrected chi connectivity index (χ4v) is 2.16. The fourth-order valence-electron chi connectivity index (χ4n) is 1.44. The lowest BCUT2D eigenvalue weighted by Gasteiger charge is -2.07. The number of hydrogen-bond acceptors (Lipinski definition) is 4. The third kappa shape index (κ3) is 3.34. The van der Waals surface area contributed by atoms with Gasteiger partial charge in [-0.05, 0) is 24.3 Å². The van der Waals surface area contributed by atoms with E-state index < -0.39 is 17.6 Å². The Morgan fingerprint density at radius 3 is 2.45 bits per heavy atom. The Labute approximate surface area is 116 Å². The molecule has 1 amide bonds. The molecule has 1 aromatic carbocycles. The molecule has 0 atom stereocenters. The van der Waals surface area contributed by atoms with Crippen molar-refractivity contribution in [3.05, 3.63) is 46.5 Å².